The van der Waals surface area contributed by atoms with Crippen molar-refractivity contribution >= 4 is 21.8 Å². The van der Waals surface area contributed by atoms with Gasteiger partial charge in [-0.2, -0.15) is 0 Å². The largest absolute Gasteiger partial charge is 0.493 e. The second kappa shape index (κ2) is 11.8. The zero-order valence-corrected chi connectivity index (χ0v) is 18.9. The van der Waals surface area contributed by atoms with Crippen LogP contribution in [0.3, 0.4) is 0 Å². The first-order valence-corrected chi connectivity index (χ1v) is 11.1. The minimum Gasteiger partial charge on any atom is -0.493 e. The third kappa shape index (κ3) is 6.92. The van der Waals surface area contributed by atoms with Crippen LogP contribution in [0.25, 0.3) is 0 Å². The van der Waals surface area contributed by atoms with E-state index in [1.807, 2.05) is 47.4 Å². The van der Waals surface area contributed by atoms with E-state index >= 15 is 0 Å². The summed E-state index contributed by atoms with van der Waals surface area (Å²) in [6.07, 6.45) is 2.66. The molecule has 1 aliphatic heterocycles. The Labute approximate surface area is 186 Å². The highest BCUT2D eigenvalue weighted by atomic mass is 79.9. The first-order valence-electron chi connectivity index (χ1n) is 10.3. The van der Waals surface area contributed by atoms with Crippen molar-refractivity contribution in [1.29, 1.82) is 0 Å². The van der Waals surface area contributed by atoms with Gasteiger partial charge in [0.1, 0.15) is 19.0 Å². The molecule has 30 heavy (non-hydrogen) atoms. The fraction of sp³-hybridized carbons (Fsp3) is 0.435. The normalized spacial score (nSPS) is 13.5. The van der Waals surface area contributed by atoms with Crippen LogP contribution in [-0.2, 0) is 11.3 Å². The van der Waals surface area contributed by atoms with E-state index in [1.165, 1.54) is 0 Å². The van der Waals surface area contributed by atoms with Gasteiger partial charge in [0.15, 0.2) is 11.5 Å². The van der Waals surface area contributed by atoms with Crippen molar-refractivity contribution in [3.05, 3.63) is 52.5 Å². The summed E-state index contributed by atoms with van der Waals surface area (Å²) < 4.78 is 18.0. The number of benzene rings is 2. The number of likely N-dealkylation sites (tertiary alicyclic amines) is 1. The van der Waals surface area contributed by atoms with Crippen LogP contribution >= 0.6 is 15.9 Å². The van der Waals surface area contributed by atoms with E-state index in [-0.39, 0.29) is 5.91 Å². The Morgan fingerprint density at radius 3 is 2.73 bits per heavy atom. The molecule has 1 saturated heterocycles. The van der Waals surface area contributed by atoms with Crippen LogP contribution in [0, 0.1) is 0 Å². The van der Waals surface area contributed by atoms with Crippen LogP contribution in [0.15, 0.2) is 46.9 Å². The molecule has 0 atom stereocenters. The van der Waals surface area contributed by atoms with Gasteiger partial charge in [-0.15, -0.1) is 0 Å². The van der Waals surface area contributed by atoms with E-state index < -0.39 is 0 Å². The highest BCUT2D eigenvalue weighted by molar-refractivity contribution is 9.10. The number of nitrogens with zero attached hydrogens (tertiary/aromatic N) is 1. The van der Waals surface area contributed by atoms with Crippen molar-refractivity contribution in [1.82, 2.24) is 10.2 Å². The predicted molar refractivity (Wildman–Crippen MR) is 120 cm³/mol. The van der Waals surface area contributed by atoms with Crippen LogP contribution in [0.1, 0.15) is 24.8 Å². The standard InChI is InChI=1S/C23H29BrN2O4/c1-28-22-15-18(17-25-10-4-12-26-11-3-7-23(26)27)8-9-21(22)30-14-13-29-20-6-2-5-19(24)16-20/h2,5-6,8-9,15-16,25H,3-4,7,10-14,17H2,1H3. The first kappa shape index (κ1) is 22.4. The Hall–Kier alpha value is -2.25. The van der Waals surface area contributed by atoms with Crippen LogP contribution < -0.4 is 19.5 Å². The third-order valence-electron chi connectivity index (χ3n) is 4.92. The van der Waals surface area contributed by atoms with Gasteiger partial charge in [0, 0.05) is 30.5 Å². The van der Waals surface area contributed by atoms with Crippen molar-refractivity contribution < 1.29 is 19.0 Å². The number of hydrogen-bond acceptors (Lipinski definition) is 5. The summed E-state index contributed by atoms with van der Waals surface area (Å²) in [6, 6.07) is 13.7. The summed E-state index contributed by atoms with van der Waals surface area (Å²) in [5, 5.41) is 3.43. The molecule has 0 radical (unpaired) electrons. The molecular weight excluding hydrogens is 448 g/mol. The van der Waals surface area contributed by atoms with Gasteiger partial charge in [-0.3, -0.25) is 4.79 Å². The van der Waals surface area contributed by atoms with Crippen LogP contribution in [0.4, 0.5) is 0 Å². The molecule has 1 fully saturated rings. The number of nitrogens with one attached hydrogen (secondary N) is 1. The summed E-state index contributed by atoms with van der Waals surface area (Å²) in [4.78, 5) is 13.6. The minimum absolute atomic E-state index is 0.289. The van der Waals surface area contributed by atoms with Crippen molar-refractivity contribution in [3.63, 3.8) is 0 Å². The molecule has 0 saturated carbocycles. The summed E-state index contributed by atoms with van der Waals surface area (Å²) in [5.41, 5.74) is 1.13. The van der Waals surface area contributed by atoms with E-state index in [4.69, 9.17) is 14.2 Å². The number of amides is 1. The van der Waals surface area contributed by atoms with Gasteiger partial charge in [0.2, 0.25) is 5.91 Å². The number of halogens is 1. The number of rotatable bonds is 12. The zero-order chi connectivity index (χ0) is 21.2. The van der Waals surface area contributed by atoms with E-state index in [2.05, 4.69) is 21.2 Å². The van der Waals surface area contributed by atoms with Crippen LogP contribution in [0.2, 0.25) is 0 Å². The molecule has 6 nitrogen and oxygen atoms in total. The lowest BCUT2D eigenvalue weighted by atomic mass is 10.2. The van der Waals surface area contributed by atoms with Gasteiger partial charge in [0.25, 0.3) is 0 Å². The van der Waals surface area contributed by atoms with E-state index in [0.717, 1.165) is 54.8 Å². The number of carbonyl (C=O) groups is 1. The maximum absolute atomic E-state index is 11.6. The van der Waals surface area contributed by atoms with Gasteiger partial charge in [-0.05, 0) is 55.3 Å². The summed E-state index contributed by atoms with van der Waals surface area (Å²) in [7, 11) is 1.64. The molecule has 0 aliphatic carbocycles. The molecule has 7 heteroatoms. The lowest BCUT2D eigenvalue weighted by molar-refractivity contribution is -0.127. The second-order valence-electron chi connectivity index (χ2n) is 7.15. The lowest BCUT2D eigenvalue weighted by Crippen LogP contribution is -2.28. The maximum Gasteiger partial charge on any atom is 0.222 e. The summed E-state index contributed by atoms with van der Waals surface area (Å²) >= 11 is 3.43. The predicted octanol–water partition coefficient (Wildman–Crippen LogP) is 4.02. The number of carbonyl (C=O) groups excluding carboxylic acids is 1. The number of hydrogen-bond donors (Lipinski definition) is 1. The van der Waals surface area contributed by atoms with Gasteiger partial charge in [-0.1, -0.05) is 28.1 Å². The molecular formula is C23H29BrN2O4. The fourth-order valence-electron chi connectivity index (χ4n) is 3.38. The average molecular weight is 477 g/mol. The Morgan fingerprint density at radius 1 is 1.10 bits per heavy atom. The van der Waals surface area contributed by atoms with Crippen LogP contribution in [-0.4, -0.2) is 50.8 Å². The Bertz CT molecular complexity index is 831. The van der Waals surface area contributed by atoms with E-state index in [1.54, 1.807) is 7.11 Å². The third-order valence-corrected chi connectivity index (χ3v) is 5.41. The SMILES string of the molecule is COc1cc(CNCCCN2CCCC2=O)ccc1OCCOc1cccc(Br)c1. The maximum atomic E-state index is 11.6. The van der Waals surface area contributed by atoms with Crippen LogP contribution in [0.5, 0.6) is 17.2 Å². The zero-order valence-electron chi connectivity index (χ0n) is 17.4. The van der Waals surface area contributed by atoms with Gasteiger partial charge < -0.3 is 24.4 Å². The minimum atomic E-state index is 0.289. The second-order valence-corrected chi connectivity index (χ2v) is 8.07. The molecule has 1 aliphatic rings. The smallest absolute Gasteiger partial charge is 0.222 e. The molecule has 0 aromatic heterocycles. The average Bonchev–Trinajstić information content (AvgIpc) is 3.16. The van der Waals surface area contributed by atoms with Crippen molar-refractivity contribution in [2.24, 2.45) is 0 Å². The van der Waals surface area contributed by atoms with Gasteiger partial charge in [0.05, 0.1) is 7.11 Å². The van der Waals surface area contributed by atoms with Crippen molar-refractivity contribution in [2.45, 2.75) is 25.8 Å². The topological polar surface area (TPSA) is 60.0 Å². The van der Waals surface area contributed by atoms with E-state index in [0.29, 0.717) is 31.1 Å². The highest BCUT2D eigenvalue weighted by Gasteiger charge is 2.18. The molecule has 0 spiro atoms. The first-order chi connectivity index (χ1) is 14.7. The number of methoxy groups -OCH3 is 1. The lowest BCUT2D eigenvalue weighted by Gasteiger charge is -2.15. The summed E-state index contributed by atoms with van der Waals surface area (Å²) in [6.45, 7) is 4.24. The quantitative estimate of drug-likeness (QED) is 0.468. The fourth-order valence-corrected chi connectivity index (χ4v) is 3.76. The molecule has 0 unspecified atom stereocenters. The Morgan fingerprint density at radius 2 is 1.97 bits per heavy atom. The molecule has 1 N–H and O–H groups in total. The number of ether oxygens (including phenoxy) is 3. The monoisotopic (exact) mass is 476 g/mol. The molecule has 1 amide bonds. The summed E-state index contributed by atoms with van der Waals surface area (Å²) in [5.74, 6) is 2.50. The van der Waals surface area contributed by atoms with Crippen molar-refractivity contribution in [2.75, 3.05) is 40.0 Å². The highest BCUT2D eigenvalue weighted by Crippen LogP contribution is 2.28. The molecule has 0 bridgehead atoms. The molecule has 162 valence electrons. The van der Waals surface area contributed by atoms with E-state index in [9.17, 15) is 4.79 Å². The Kier molecular flexibility index (Phi) is 8.83. The molecule has 2 aromatic carbocycles. The van der Waals surface area contributed by atoms with Gasteiger partial charge >= 0.3 is 0 Å². The molecule has 2 aromatic rings. The van der Waals surface area contributed by atoms with Gasteiger partial charge in [-0.25, -0.2) is 0 Å². The Balaban J connectivity index is 1.37. The molecule has 1 heterocycles. The van der Waals surface area contributed by atoms with Crippen molar-refractivity contribution in [3.8, 4) is 17.2 Å². The molecule has 3 rings (SSSR count).